The van der Waals surface area contributed by atoms with Crippen LogP contribution in [0.2, 0.25) is 0 Å². The summed E-state index contributed by atoms with van der Waals surface area (Å²) in [5, 5.41) is 37.0. The predicted molar refractivity (Wildman–Crippen MR) is 76.1 cm³/mol. The van der Waals surface area contributed by atoms with Crippen LogP contribution in [-0.2, 0) is 4.79 Å². The number of Topliss-reactive ketones (excluding diaryl/α,β-unsaturated/α-hetero) is 1. The van der Waals surface area contributed by atoms with Crippen LogP contribution in [-0.4, -0.2) is 57.2 Å². The standard InChI is InChI=1S/C14H29NO5/c1-2-3-4-5-6-7-8-10(17)12(15)14(20)13(19)11(18)9-16/h11-14,16,18-20H,2-9,15H2,1H3/t11-,12+,13-,14-/m1/s1. The Morgan fingerprint density at radius 2 is 1.55 bits per heavy atom. The number of unbranched alkanes of at least 4 members (excludes halogenated alkanes) is 5. The highest BCUT2D eigenvalue weighted by Crippen LogP contribution is 2.10. The predicted octanol–water partition coefficient (Wildman–Crippen LogP) is -0.292. The summed E-state index contributed by atoms with van der Waals surface area (Å²) in [6.07, 6.45) is 1.81. The Kier molecular flexibility index (Phi) is 10.9. The number of hydrogen-bond acceptors (Lipinski definition) is 6. The summed E-state index contributed by atoms with van der Waals surface area (Å²) in [5.74, 6) is -0.336. The SMILES string of the molecule is CCCCCCCCC(=O)[C@H](N)[C@@H](O)[C@H](O)[C@H](O)CO. The fourth-order valence-corrected chi connectivity index (χ4v) is 1.98. The smallest absolute Gasteiger partial charge is 0.152 e. The van der Waals surface area contributed by atoms with Gasteiger partial charge in [0.2, 0.25) is 0 Å². The van der Waals surface area contributed by atoms with Crippen molar-refractivity contribution in [1.82, 2.24) is 0 Å². The molecule has 6 nitrogen and oxygen atoms in total. The fraction of sp³-hybridized carbons (Fsp3) is 0.929. The van der Waals surface area contributed by atoms with Gasteiger partial charge in [0.1, 0.15) is 18.3 Å². The third kappa shape index (κ3) is 7.31. The van der Waals surface area contributed by atoms with E-state index >= 15 is 0 Å². The van der Waals surface area contributed by atoms with Crippen LogP contribution in [0.5, 0.6) is 0 Å². The van der Waals surface area contributed by atoms with Crippen LogP contribution >= 0.6 is 0 Å². The molecule has 0 aliphatic carbocycles. The number of aliphatic hydroxyl groups excluding tert-OH is 4. The molecule has 0 aromatic carbocycles. The van der Waals surface area contributed by atoms with Crippen LogP contribution in [0.4, 0.5) is 0 Å². The van der Waals surface area contributed by atoms with Gasteiger partial charge in [0.15, 0.2) is 5.78 Å². The van der Waals surface area contributed by atoms with Gasteiger partial charge in [-0.1, -0.05) is 39.0 Å². The van der Waals surface area contributed by atoms with Crippen LogP contribution < -0.4 is 5.73 Å². The molecule has 0 rings (SSSR count). The molecule has 0 heterocycles. The van der Waals surface area contributed by atoms with Gasteiger partial charge in [-0.25, -0.2) is 0 Å². The summed E-state index contributed by atoms with van der Waals surface area (Å²) < 4.78 is 0. The van der Waals surface area contributed by atoms with E-state index in [-0.39, 0.29) is 12.2 Å². The summed E-state index contributed by atoms with van der Waals surface area (Å²) in [7, 11) is 0. The van der Waals surface area contributed by atoms with Gasteiger partial charge >= 0.3 is 0 Å². The minimum atomic E-state index is -1.62. The first kappa shape index (κ1) is 19.5. The first-order valence-electron chi connectivity index (χ1n) is 7.39. The lowest BCUT2D eigenvalue weighted by molar-refractivity contribution is -0.129. The zero-order chi connectivity index (χ0) is 15.5. The Balaban J connectivity index is 3.96. The Labute approximate surface area is 120 Å². The molecule has 6 N–H and O–H groups in total. The third-order valence-electron chi connectivity index (χ3n) is 3.45. The van der Waals surface area contributed by atoms with E-state index in [1.54, 1.807) is 0 Å². The Morgan fingerprint density at radius 1 is 1.00 bits per heavy atom. The second kappa shape index (κ2) is 11.2. The maximum absolute atomic E-state index is 11.7. The Hall–Kier alpha value is -0.530. The van der Waals surface area contributed by atoms with Crippen LogP contribution in [0, 0.1) is 0 Å². The van der Waals surface area contributed by atoms with Crippen LogP contribution in [0.3, 0.4) is 0 Å². The minimum absolute atomic E-state index is 0.256. The summed E-state index contributed by atoms with van der Waals surface area (Å²) >= 11 is 0. The van der Waals surface area contributed by atoms with Gasteiger partial charge in [-0.05, 0) is 6.42 Å². The number of rotatable bonds is 12. The van der Waals surface area contributed by atoms with Crippen LogP contribution in [0.15, 0.2) is 0 Å². The van der Waals surface area contributed by atoms with Crippen molar-refractivity contribution in [2.24, 2.45) is 5.73 Å². The molecule has 6 heteroatoms. The van der Waals surface area contributed by atoms with E-state index in [1.165, 1.54) is 12.8 Å². The number of aliphatic hydroxyl groups is 4. The number of ketones is 1. The maximum Gasteiger partial charge on any atom is 0.152 e. The van der Waals surface area contributed by atoms with Gasteiger partial charge in [0.25, 0.3) is 0 Å². The van der Waals surface area contributed by atoms with Crippen molar-refractivity contribution in [3.05, 3.63) is 0 Å². The van der Waals surface area contributed by atoms with E-state index in [0.717, 1.165) is 19.3 Å². The molecule has 0 saturated heterocycles. The number of hydrogen-bond donors (Lipinski definition) is 5. The minimum Gasteiger partial charge on any atom is -0.394 e. The van der Waals surface area contributed by atoms with Crippen molar-refractivity contribution in [1.29, 1.82) is 0 Å². The van der Waals surface area contributed by atoms with Gasteiger partial charge < -0.3 is 26.2 Å². The molecule has 0 spiro atoms. The molecule has 0 aliphatic rings. The highest BCUT2D eigenvalue weighted by molar-refractivity contribution is 5.84. The van der Waals surface area contributed by atoms with Gasteiger partial charge in [0, 0.05) is 6.42 Å². The van der Waals surface area contributed by atoms with E-state index in [4.69, 9.17) is 10.8 Å². The fourth-order valence-electron chi connectivity index (χ4n) is 1.98. The van der Waals surface area contributed by atoms with E-state index in [0.29, 0.717) is 6.42 Å². The molecule has 0 fully saturated rings. The number of carbonyl (C=O) groups excluding carboxylic acids is 1. The average Bonchev–Trinajstić information content (AvgIpc) is 2.47. The summed E-state index contributed by atoms with van der Waals surface area (Å²) in [6, 6.07) is -1.23. The molecule has 120 valence electrons. The lowest BCUT2D eigenvalue weighted by Gasteiger charge is -2.25. The molecule has 4 atom stereocenters. The molecule has 0 aromatic rings. The van der Waals surface area contributed by atoms with Crippen molar-refractivity contribution in [3.63, 3.8) is 0 Å². The maximum atomic E-state index is 11.7. The zero-order valence-corrected chi connectivity index (χ0v) is 12.2. The normalized spacial score (nSPS) is 17.5. The quantitative estimate of drug-likeness (QED) is 0.315. The molecule has 0 saturated carbocycles. The largest absolute Gasteiger partial charge is 0.394 e. The van der Waals surface area contributed by atoms with E-state index in [2.05, 4.69) is 6.92 Å². The van der Waals surface area contributed by atoms with Gasteiger partial charge in [-0.15, -0.1) is 0 Å². The van der Waals surface area contributed by atoms with Gasteiger partial charge in [0.05, 0.1) is 12.6 Å². The van der Waals surface area contributed by atoms with Crippen molar-refractivity contribution >= 4 is 5.78 Å². The Bertz CT molecular complexity index is 262. The highest BCUT2D eigenvalue weighted by atomic mass is 16.4. The van der Waals surface area contributed by atoms with Crippen molar-refractivity contribution in [3.8, 4) is 0 Å². The molecule has 0 amide bonds. The van der Waals surface area contributed by atoms with Gasteiger partial charge in [-0.2, -0.15) is 0 Å². The second-order valence-electron chi connectivity index (χ2n) is 5.24. The highest BCUT2D eigenvalue weighted by Gasteiger charge is 2.32. The molecule has 0 radical (unpaired) electrons. The topological polar surface area (TPSA) is 124 Å². The lowest BCUT2D eigenvalue weighted by Crippen LogP contribution is -2.52. The van der Waals surface area contributed by atoms with E-state index in [1.807, 2.05) is 0 Å². The molecule has 0 unspecified atom stereocenters. The van der Waals surface area contributed by atoms with Crippen LogP contribution in [0.25, 0.3) is 0 Å². The van der Waals surface area contributed by atoms with Crippen LogP contribution in [0.1, 0.15) is 51.9 Å². The monoisotopic (exact) mass is 291 g/mol. The molecular weight excluding hydrogens is 262 g/mol. The molecule has 20 heavy (non-hydrogen) atoms. The summed E-state index contributed by atoms with van der Waals surface area (Å²) in [6.45, 7) is 1.44. The third-order valence-corrected chi connectivity index (χ3v) is 3.45. The lowest BCUT2D eigenvalue weighted by atomic mass is 9.95. The average molecular weight is 291 g/mol. The zero-order valence-electron chi connectivity index (χ0n) is 12.2. The second-order valence-corrected chi connectivity index (χ2v) is 5.24. The molecule has 0 aromatic heterocycles. The summed E-state index contributed by atoms with van der Waals surface area (Å²) in [5.41, 5.74) is 5.56. The summed E-state index contributed by atoms with van der Waals surface area (Å²) in [4.78, 5) is 11.7. The van der Waals surface area contributed by atoms with Crippen molar-refractivity contribution in [2.75, 3.05) is 6.61 Å². The van der Waals surface area contributed by atoms with Gasteiger partial charge in [-0.3, -0.25) is 4.79 Å². The van der Waals surface area contributed by atoms with Crippen molar-refractivity contribution < 1.29 is 25.2 Å². The molecule has 0 aliphatic heterocycles. The number of carbonyl (C=O) groups is 1. The molecule has 0 bridgehead atoms. The Morgan fingerprint density at radius 3 is 2.10 bits per heavy atom. The van der Waals surface area contributed by atoms with E-state index in [9.17, 15) is 20.1 Å². The number of nitrogens with two attached hydrogens (primary N) is 1. The molecular formula is C14H29NO5. The van der Waals surface area contributed by atoms with Crippen molar-refractivity contribution in [2.45, 2.75) is 76.2 Å². The first-order chi connectivity index (χ1) is 9.45. The van der Waals surface area contributed by atoms with E-state index < -0.39 is 31.0 Å². The first-order valence-corrected chi connectivity index (χ1v) is 7.39.